The molecule has 3 nitrogen and oxygen atoms in total. The van der Waals surface area contributed by atoms with Crippen LogP contribution in [0.4, 0.5) is 13.2 Å². The van der Waals surface area contributed by atoms with Crippen LogP contribution in [0.1, 0.15) is 18.1 Å². The molecule has 0 radical (unpaired) electrons. The van der Waals surface area contributed by atoms with E-state index in [1.807, 2.05) is 0 Å². The lowest BCUT2D eigenvalue weighted by Gasteiger charge is -2.24. The van der Waals surface area contributed by atoms with E-state index in [0.29, 0.717) is 11.1 Å². The average molecular weight is 260 g/mol. The second-order valence-electron chi connectivity index (χ2n) is 4.27. The van der Waals surface area contributed by atoms with Crippen molar-refractivity contribution < 1.29 is 27.4 Å². The smallest absolute Gasteiger partial charge is 0.292 e. The molecule has 1 aromatic carbocycles. The molecule has 1 atom stereocenters. The highest BCUT2D eigenvalue weighted by Gasteiger charge is 2.51. The van der Waals surface area contributed by atoms with E-state index < -0.39 is 24.4 Å². The van der Waals surface area contributed by atoms with Crippen molar-refractivity contribution in [2.75, 3.05) is 6.61 Å². The molecule has 0 spiro atoms. The Balaban J connectivity index is 2.36. The molecule has 1 heterocycles. The van der Waals surface area contributed by atoms with Crippen LogP contribution in [0.5, 0.6) is 0 Å². The van der Waals surface area contributed by atoms with Gasteiger partial charge in [-0.3, -0.25) is 14.3 Å². The minimum absolute atomic E-state index is 0.314. The Kier molecular flexibility index (Phi) is 3.16. The molecule has 0 aliphatic carbocycles. The Bertz CT molecular complexity index is 475. The van der Waals surface area contributed by atoms with Gasteiger partial charge in [-0.05, 0) is 18.1 Å². The molecular weight excluding hydrogens is 249 g/mol. The van der Waals surface area contributed by atoms with Gasteiger partial charge in [-0.25, -0.2) is 0 Å². The average Bonchev–Trinajstić information content (AvgIpc) is 2.54. The maximum absolute atomic E-state index is 12.9. The molecule has 1 aromatic rings. The Labute approximate surface area is 102 Å². The molecule has 0 aromatic heterocycles. The number of ether oxygens (including phenoxy) is 2. The number of alkyl halides is 2. The normalized spacial score (nSPS) is 26.2. The number of hydrogen-bond acceptors (Lipinski definition) is 3. The number of halogens is 3. The Morgan fingerprint density at radius 1 is 1.39 bits per heavy atom. The van der Waals surface area contributed by atoms with Crippen LogP contribution in [0.2, 0.25) is 0 Å². The third-order valence-corrected chi connectivity index (χ3v) is 2.78. The maximum Gasteiger partial charge on any atom is 0.486 e. The monoisotopic (exact) mass is 260 g/mol. The molecule has 0 saturated carbocycles. The standard InChI is InChI=1S/C12H11F3O3/c1-11(7-17-12(14,15)18-11)9-5-3-2-4-8(9)6-10(13)16/h2-5H,6-7H2,1H3. The van der Waals surface area contributed by atoms with Crippen LogP contribution in [0.25, 0.3) is 0 Å². The lowest BCUT2D eigenvalue weighted by molar-refractivity contribution is -0.356. The van der Waals surface area contributed by atoms with Gasteiger partial charge in [0.15, 0.2) is 0 Å². The molecule has 0 amide bonds. The predicted octanol–water partition coefficient (Wildman–Crippen LogP) is 2.54. The van der Waals surface area contributed by atoms with E-state index >= 15 is 0 Å². The van der Waals surface area contributed by atoms with Crippen LogP contribution in [0.3, 0.4) is 0 Å². The van der Waals surface area contributed by atoms with E-state index in [4.69, 9.17) is 0 Å². The third kappa shape index (κ3) is 2.54. The summed E-state index contributed by atoms with van der Waals surface area (Å²) in [6.07, 6.45) is -4.14. The SMILES string of the molecule is CC1(c2ccccc2CC(=O)F)COC(F)(F)O1. The summed E-state index contributed by atoms with van der Waals surface area (Å²) in [5, 5.41) is 0. The molecule has 1 aliphatic rings. The Hall–Kier alpha value is -1.40. The van der Waals surface area contributed by atoms with Crippen molar-refractivity contribution in [2.45, 2.75) is 25.2 Å². The minimum Gasteiger partial charge on any atom is -0.292 e. The molecule has 18 heavy (non-hydrogen) atoms. The number of carbonyl (C=O) groups excluding carboxylic acids is 1. The maximum atomic E-state index is 12.9. The van der Waals surface area contributed by atoms with Gasteiger partial charge >= 0.3 is 12.3 Å². The van der Waals surface area contributed by atoms with E-state index in [-0.39, 0.29) is 6.61 Å². The van der Waals surface area contributed by atoms with Crippen LogP contribution in [-0.4, -0.2) is 18.9 Å². The van der Waals surface area contributed by atoms with Crippen molar-refractivity contribution in [3.05, 3.63) is 35.4 Å². The van der Waals surface area contributed by atoms with Gasteiger partial charge in [-0.2, -0.15) is 4.39 Å². The van der Waals surface area contributed by atoms with Gasteiger partial charge in [0.25, 0.3) is 0 Å². The van der Waals surface area contributed by atoms with Crippen molar-refractivity contribution >= 4 is 6.04 Å². The Morgan fingerprint density at radius 3 is 2.61 bits per heavy atom. The highest BCUT2D eigenvalue weighted by atomic mass is 19.3. The second kappa shape index (κ2) is 4.37. The zero-order valence-electron chi connectivity index (χ0n) is 9.58. The van der Waals surface area contributed by atoms with Crippen molar-refractivity contribution in [3.8, 4) is 0 Å². The lowest BCUT2D eigenvalue weighted by Crippen LogP contribution is -2.28. The van der Waals surface area contributed by atoms with Crippen LogP contribution < -0.4 is 0 Å². The van der Waals surface area contributed by atoms with Gasteiger partial charge in [0.2, 0.25) is 0 Å². The number of rotatable bonds is 3. The van der Waals surface area contributed by atoms with Crippen molar-refractivity contribution in [3.63, 3.8) is 0 Å². The lowest BCUT2D eigenvalue weighted by atomic mass is 9.91. The molecule has 6 heteroatoms. The van der Waals surface area contributed by atoms with Gasteiger partial charge in [0, 0.05) is 0 Å². The van der Waals surface area contributed by atoms with E-state index in [1.165, 1.54) is 19.1 Å². The topological polar surface area (TPSA) is 35.5 Å². The van der Waals surface area contributed by atoms with Crippen molar-refractivity contribution in [1.82, 2.24) is 0 Å². The summed E-state index contributed by atoms with van der Waals surface area (Å²) < 4.78 is 47.1. The van der Waals surface area contributed by atoms with Gasteiger partial charge in [-0.15, -0.1) is 8.78 Å². The van der Waals surface area contributed by atoms with Gasteiger partial charge in [0.1, 0.15) is 5.60 Å². The molecule has 1 saturated heterocycles. The second-order valence-corrected chi connectivity index (χ2v) is 4.27. The summed E-state index contributed by atoms with van der Waals surface area (Å²) in [7, 11) is 0. The summed E-state index contributed by atoms with van der Waals surface area (Å²) in [6, 6.07) is 4.68. The zero-order chi connectivity index (χ0) is 13.4. The Morgan fingerprint density at radius 2 is 2.06 bits per heavy atom. The van der Waals surface area contributed by atoms with Gasteiger partial charge < -0.3 is 0 Å². The van der Waals surface area contributed by atoms with Crippen molar-refractivity contribution in [1.29, 1.82) is 0 Å². The molecular formula is C12H11F3O3. The first-order valence-electron chi connectivity index (χ1n) is 5.31. The summed E-state index contributed by atoms with van der Waals surface area (Å²) in [4.78, 5) is 10.5. The molecule has 0 N–H and O–H groups in total. The van der Waals surface area contributed by atoms with E-state index in [0.717, 1.165) is 0 Å². The van der Waals surface area contributed by atoms with Gasteiger partial charge in [-0.1, -0.05) is 24.3 Å². The summed E-state index contributed by atoms with van der Waals surface area (Å²) in [6.45, 7) is 1.05. The predicted molar refractivity (Wildman–Crippen MR) is 55.6 cm³/mol. The fraction of sp³-hybridized carbons (Fsp3) is 0.417. The fourth-order valence-electron chi connectivity index (χ4n) is 2.02. The summed E-state index contributed by atoms with van der Waals surface area (Å²) >= 11 is 0. The zero-order valence-corrected chi connectivity index (χ0v) is 9.58. The van der Waals surface area contributed by atoms with E-state index in [2.05, 4.69) is 9.47 Å². The summed E-state index contributed by atoms with van der Waals surface area (Å²) in [5.41, 5.74) is -0.753. The van der Waals surface area contributed by atoms with Crippen LogP contribution >= 0.6 is 0 Å². The number of carbonyl (C=O) groups is 1. The van der Waals surface area contributed by atoms with Crippen LogP contribution in [0, 0.1) is 0 Å². The van der Waals surface area contributed by atoms with E-state index in [9.17, 15) is 18.0 Å². The van der Waals surface area contributed by atoms with Crippen LogP contribution in [0.15, 0.2) is 24.3 Å². The first kappa shape index (κ1) is 13.0. The quantitative estimate of drug-likeness (QED) is 0.783. The third-order valence-electron chi connectivity index (χ3n) is 2.78. The summed E-state index contributed by atoms with van der Waals surface area (Å²) in [5.74, 6) is 0. The number of hydrogen-bond donors (Lipinski definition) is 0. The van der Waals surface area contributed by atoms with Crippen molar-refractivity contribution in [2.24, 2.45) is 0 Å². The van der Waals surface area contributed by atoms with Crippen LogP contribution in [-0.2, 0) is 26.3 Å². The molecule has 1 fully saturated rings. The number of benzene rings is 1. The highest BCUT2D eigenvalue weighted by Crippen LogP contribution is 2.41. The first-order chi connectivity index (χ1) is 8.32. The highest BCUT2D eigenvalue weighted by molar-refractivity contribution is 5.71. The largest absolute Gasteiger partial charge is 0.486 e. The van der Waals surface area contributed by atoms with E-state index in [1.54, 1.807) is 12.1 Å². The molecule has 1 aliphatic heterocycles. The first-order valence-corrected chi connectivity index (χ1v) is 5.31. The molecule has 2 rings (SSSR count). The molecule has 98 valence electrons. The molecule has 1 unspecified atom stereocenters. The molecule has 0 bridgehead atoms. The van der Waals surface area contributed by atoms with Gasteiger partial charge in [0.05, 0.1) is 13.0 Å². The fourth-order valence-corrected chi connectivity index (χ4v) is 2.02. The minimum atomic E-state index is -3.67.